The van der Waals surface area contributed by atoms with Crippen molar-refractivity contribution < 1.29 is 14.3 Å². The van der Waals surface area contributed by atoms with Crippen molar-refractivity contribution in [3.8, 4) is 0 Å². The van der Waals surface area contributed by atoms with Crippen LogP contribution >= 0.6 is 11.6 Å². The first-order chi connectivity index (χ1) is 9.93. The van der Waals surface area contributed by atoms with Gasteiger partial charge in [0.05, 0.1) is 12.0 Å². The average molecular weight is 308 g/mol. The molecule has 2 aliphatic rings. The number of halogens is 1. The van der Waals surface area contributed by atoms with Crippen LogP contribution in [-0.2, 0) is 19.7 Å². The molecule has 0 spiro atoms. The van der Waals surface area contributed by atoms with Crippen LogP contribution in [0.4, 0.5) is 0 Å². The molecule has 1 amide bonds. The van der Waals surface area contributed by atoms with Crippen molar-refractivity contribution in [3.05, 3.63) is 34.9 Å². The van der Waals surface area contributed by atoms with Gasteiger partial charge in [-0.1, -0.05) is 30.7 Å². The van der Waals surface area contributed by atoms with Crippen molar-refractivity contribution in [3.63, 3.8) is 0 Å². The third-order valence-corrected chi connectivity index (χ3v) is 4.64. The fourth-order valence-electron chi connectivity index (χ4n) is 2.81. The molecule has 1 aromatic rings. The monoisotopic (exact) mass is 307 g/mol. The van der Waals surface area contributed by atoms with Gasteiger partial charge in [-0.25, -0.2) is 0 Å². The molecule has 0 unspecified atom stereocenters. The summed E-state index contributed by atoms with van der Waals surface area (Å²) in [5, 5.41) is 3.44. The molecule has 1 saturated heterocycles. The summed E-state index contributed by atoms with van der Waals surface area (Å²) in [6.07, 6.45) is 2.02. The molecule has 1 saturated carbocycles. The zero-order valence-corrected chi connectivity index (χ0v) is 12.7. The number of hydrogen-bond donors (Lipinski definition) is 1. The number of carbonyl (C=O) groups excluding carboxylic acids is 2. The fraction of sp³-hybridized carbons (Fsp3) is 0.500. The Labute approximate surface area is 128 Å². The highest BCUT2D eigenvalue weighted by Crippen LogP contribution is 2.49. The van der Waals surface area contributed by atoms with Gasteiger partial charge in [0.15, 0.2) is 0 Å². The number of amides is 1. The van der Waals surface area contributed by atoms with Crippen LogP contribution in [0.3, 0.4) is 0 Å². The van der Waals surface area contributed by atoms with Crippen molar-refractivity contribution in [2.75, 3.05) is 13.2 Å². The Balaban J connectivity index is 1.65. The lowest BCUT2D eigenvalue weighted by atomic mass is 9.90. The van der Waals surface area contributed by atoms with Crippen LogP contribution in [0.1, 0.15) is 31.7 Å². The molecule has 4 nitrogen and oxygen atoms in total. The molecule has 0 radical (unpaired) electrons. The molecular weight excluding hydrogens is 290 g/mol. The van der Waals surface area contributed by atoms with Crippen molar-refractivity contribution >= 4 is 23.5 Å². The van der Waals surface area contributed by atoms with Crippen LogP contribution in [0.15, 0.2) is 24.3 Å². The minimum Gasteiger partial charge on any atom is -0.464 e. The Morgan fingerprint density at radius 2 is 2.00 bits per heavy atom. The smallest absolute Gasteiger partial charge is 0.316 e. The maximum atomic E-state index is 12.4. The first-order valence-electron chi connectivity index (χ1n) is 7.14. The molecule has 21 heavy (non-hydrogen) atoms. The molecule has 3 rings (SSSR count). The van der Waals surface area contributed by atoms with Crippen LogP contribution in [0.25, 0.3) is 0 Å². The number of esters is 1. The summed E-state index contributed by atoms with van der Waals surface area (Å²) in [7, 11) is 0. The zero-order chi connectivity index (χ0) is 15.1. The second kappa shape index (κ2) is 5.02. The van der Waals surface area contributed by atoms with Gasteiger partial charge in [0, 0.05) is 23.4 Å². The normalized spacial score (nSPS) is 26.3. The van der Waals surface area contributed by atoms with E-state index in [1.807, 2.05) is 19.1 Å². The molecule has 0 bridgehead atoms. The Hall–Kier alpha value is -1.55. The van der Waals surface area contributed by atoms with E-state index in [0.717, 1.165) is 18.4 Å². The van der Waals surface area contributed by atoms with Crippen molar-refractivity contribution in [2.24, 2.45) is 5.41 Å². The number of rotatable bonds is 4. The lowest BCUT2D eigenvalue weighted by molar-refractivity contribution is -0.150. The van der Waals surface area contributed by atoms with Crippen molar-refractivity contribution in [1.29, 1.82) is 0 Å². The Morgan fingerprint density at radius 3 is 2.52 bits per heavy atom. The second-order valence-corrected chi connectivity index (χ2v) is 6.87. The molecule has 1 atom stereocenters. The summed E-state index contributed by atoms with van der Waals surface area (Å²) in [6.45, 7) is 2.80. The molecule has 1 aromatic carbocycles. The van der Waals surface area contributed by atoms with E-state index in [4.69, 9.17) is 16.3 Å². The molecule has 0 aromatic heterocycles. The highest BCUT2D eigenvalue weighted by Gasteiger charge is 2.53. The summed E-state index contributed by atoms with van der Waals surface area (Å²) < 4.78 is 5.53. The molecule has 1 aliphatic heterocycles. The molecule has 112 valence electrons. The molecule has 1 heterocycles. The zero-order valence-electron chi connectivity index (χ0n) is 11.9. The fourth-order valence-corrected chi connectivity index (χ4v) is 2.94. The van der Waals surface area contributed by atoms with Gasteiger partial charge in [-0.2, -0.15) is 0 Å². The largest absolute Gasteiger partial charge is 0.464 e. The summed E-state index contributed by atoms with van der Waals surface area (Å²) in [5.41, 5.74) is 0.169. The lowest BCUT2D eigenvalue weighted by Gasteiger charge is -2.23. The van der Waals surface area contributed by atoms with Gasteiger partial charge in [-0.05, 0) is 30.5 Å². The first-order valence-corrected chi connectivity index (χ1v) is 7.51. The Bertz CT molecular complexity index is 580. The minimum atomic E-state index is -0.503. The van der Waals surface area contributed by atoms with Crippen LogP contribution < -0.4 is 5.32 Å². The van der Waals surface area contributed by atoms with Gasteiger partial charge in [-0.3, -0.25) is 9.59 Å². The van der Waals surface area contributed by atoms with E-state index in [0.29, 0.717) is 18.0 Å². The highest BCUT2D eigenvalue weighted by atomic mass is 35.5. The van der Waals surface area contributed by atoms with E-state index >= 15 is 0 Å². The second-order valence-electron chi connectivity index (χ2n) is 6.43. The lowest BCUT2D eigenvalue weighted by Crippen LogP contribution is -2.31. The van der Waals surface area contributed by atoms with Gasteiger partial charge in [-0.15, -0.1) is 0 Å². The van der Waals surface area contributed by atoms with E-state index in [-0.39, 0.29) is 23.9 Å². The van der Waals surface area contributed by atoms with Crippen LogP contribution in [0.2, 0.25) is 5.02 Å². The number of nitrogens with one attached hydrogen (secondary N) is 1. The van der Waals surface area contributed by atoms with Crippen LogP contribution in [-0.4, -0.2) is 25.0 Å². The quantitative estimate of drug-likeness (QED) is 0.869. The highest BCUT2D eigenvalue weighted by molar-refractivity contribution is 6.30. The van der Waals surface area contributed by atoms with Crippen molar-refractivity contribution in [2.45, 2.75) is 31.6 Å². The van der Waals surface area contributed by atoms with Gasteiger partial charge in [0.25, 0.3) is 0 Å². The maximum absolute atomic E-state index is 12.4. The Kier molecular flexibility index (Phi) is 3.44. The Morgan fingerprint density at radius 1 is 1.33 bits per heavy atom. The van der Waals surface area contributed by atoms with E-state index < -0.39 is 5.41 Å². The molecule has 5 heteroatoms. The molecule has 1 N–H and O–H groups in total. The van der Waals surface area contributed by atoms with E-state index in [9.17, 15) is 9.59 Å². The molecular formula is C16H18ClNO3. The predicted molar refractivity (Wildman–Crippen MR) is 79.1 cm³/mol. The number of ether oxygens (including phenoxy) is 1. The number of benzene rings is 1. The summed E-state index contributed by atoms with van der Waals surface area (Å²) in [6, 6.07) is 7.37. The summed E-state index contributed by atoms with van der Waals surface area (Å²) in [5.74, 6) is -0.169. The van der Waals surface area contributed by atoms with Crippen LogP contribution in [0.5, 0.6) is 0 Å². The van der Waals surface area contributed by atoms with E-state index in [1.165, 1.54) is 0 Å². The third kappa shape index (κ3) is 2.77. The summed E-state index contributed by atoms with van der Waals surface area (Å²) >= 11 is 5.89. The van der Waals surface area contributed by atoms with E-state index in [1.54, 1.807) is 12.1 Å². The third-order valence-electron chi connectivity index (χ3n) is 4.39. The SMILES string of the molecule is C[C@]1(COC(=O)C2(c3ccc(Cl)cc3)CC2)CNC(=O)C1. The minimum absolute atomic E-state index is 0.0207. The molecule has 2 fully saturated rings. The maximum Gasteiger partial charge on any atom is 0.316 e. The van der Waals surface area contributed by atoms with Gasteiger partial charge in [0.2, 0.25) is 5.91 Å². The van der Waals surface area contributed by atoms with Crippen molar-refractivity contribution in [1.82, 2.24) is 5.32 Å². The molecule has 1 aliphatic carbocycles. The van der Waals surface area contributed by atoms with E-state index in [2.05, 4.69) is 5.32 Å². The number of hydrogen-bond acceptors (Lipinski definition) is 3. The predicted octanol–water partition coefficient (Wildman–Crippen LogP) is 2.44. The average Bonchev–Trinajstić information content (AvgIpc) is 3.19. The topological polar surface area (TPSA) is 55.4 Å². The van der Waals surface area contributed by atoms with Gasteiger partial charge >= 0.3 is 5.97 Å². The van der Waals surface area contributed by atoms with Gasteiger partial charge < -0.3 is 10.1 Å². The van der Waals surface area contributed by atoms with Gasteiger partial charge in [0.1, 0.15) is 0 Å². The van der Waals surface area contributed by atoms with Crippen LogP contribution in [0, 0.1) is 5.41 Å². The summed E-state index contributed by atoms with van der Waals surface area (Å²) in [4.78, 5) is 23.7. The standard InChI is InChI=1S/C16H18ClNO3/c1-15(8-13(19)18-9-15)10-21-14(20)16(6-7-16)11-2-4-12(17)5-3-11/h2-5H,6-10H2,1H3,(H,18,19)/t15-/m1/s1. The first kappa shape index (κ1) is 14.4. The number of carbonyl (C=O) groups is 2.